The number of hydrogen-bond donors (Lipinski definition) is 1. The van der Waals surface area contributed by atoms with E-state index in [9.17, 15) is 17.6 Å². The molecule has 1 aromatic heterocycles. The molecule has 0 unspecified atom stereocenters. The van der Waals surface area contributed by atoms with Crippen molar-refractivity contribution >= 4 is 33.3 Å². The number of halogens is 2. The first kappa shape index (κ1) is 34.7. The van der Waals surface area contributed by atoms with E-state index in [4.69, 9.17) is 16.3 Å². The van der Waals surface area contributed by atoms with E-state index < -0.39 is 15.8 Å². The number of nitrogens with zero attached hydrogens (tertiary/aromatic N) is 6. The van der Waals surface area contributed by atoms with E-state index in [1.54, 1.807) is 11.8 Å². The number of sulfonamides is 1. The Morgan fingerprint density at radius 3 is 2.50 bits per heavy atom. The van der Waals surface area contributed by atoms with Gasteiger partial charge >= 0.3 is 0 Å². The number of carbonyl (C=O) groups is 1. The summed E-state index contributed by atoms with van der Waals surface area (Å²) < 4.78 is 47.3. The molecule has 2 aliphatic heterocycles. The number of likely N-dealkylation sites (tertiary alicyclic amines) is 1. The number of ether oxygens (including phenoxy) is 1. The Kier molecular flexibility index (Phi) is 11.1. The van der Waals surface area contributed by atoms with Crippen molar-refractivity contribution in [2.45, 2.75) is 84.7 Å². The van der Waals surface area contributed by atoms with Crippen LogP contribution in [0.2, 0.25) is 5.28 Å². The molecule has 254 valence electrons. The number of hydrogen-bond acceptors (Lipinski definition) is 9. The fourth-order valence-corrected chi connectivity index (χ4v) is 8.28. The molecule has 1 saturated carbocycles. The molecule has 3 aliphatic rings. The van der Waals surface area contributed by atoms with Crippen LogP contribution in [0.4, 0.5) is 10.2 Å². The van der Waals surface area contributed by atoms with Gasteiger partial charge in [-0.2, -0.15) is 4.98 Å². The lowest BCUT2D eigenvalue weighted by atomic mass is 9.67. The standard InChI is InChI=1S/C32H47ClFN7O4S/c1-5-41(22(3)4)30(42)26-19-24(34)7-8-27(26)45-29-28(35-31(33)37-36-29)40-16-11-23(21-40)20-39-17-14-32(15-18-39)12-9-25(10-13-32)38-46(43,44)6-2/h7-8,19,22-23,25,38H,5-6,9-18,20-21H2,1-4H3/t23-/m0/s1. The highest BCUT2D eigenvalue weighted by atomic mass is 35.5. The third-order valence-electron chi connectivity index (χ3n) is 10.0. The maximum atomic E-state index is 14.3. The van der Waals surface area contributed by atoms with Gasteiger partial charge in [0.05, 0.1) is 11.3 Å². The number of aromatic nitrogens is 3. The summed E-state index contributed by atoms with van der Waals surface area (Å²) in [4.78, 5) is 24.1. The quantitative estimate of drug-likeness (QED) is 0.345. The van der Waals surface area contributed by atoms with Gasteiger partial charge < -0.3 is 19.4 Å². The van der Waals surface area contributed by atoms with Crippen LogP contribution in [0.3, 0.4) is 0 Å². The van der Waals surface area contributed by atoms with E-state index in [0.29, 0.717) is 23.7 Å². The van der Waals surface area contributed by atoms with E-state index in [0.717, 1.165) is 77.7 Å². The summed E-state index contributed by atoms with van der Waals surface area (Å²) in [5.74, 6) is 0.437. The van der Waals surface area contributed by atoms with Crippen LogP contribution in [0.15, 0.2) is 18.2 Å². The second-order valence-electron chi connectivity index (χ2n) is 13.3. The molecule has 5 rings (SSSR count). The highest BCUT2D eigenvalue weighted by Crippen LogP contribution is 2.45. The summed E-state index contributed by atoms with van der Waals surface area (Å²) in [5, 5.41) is 8.08. The molecule has 0 bridgehead atoms. The normalized spacial score (nSPS) is 20.8. The number of carbonyl (C=O) groups excluding carboxylic acids is 1. The number of rotatable bonds is 11. The number of amides is 1. The number of nitrogens with one attached hydrogen (secondary N) is 1. The largest absolute Gasteiger partial charge is 0.434 e. The van der Waals surface area contributed by atoms with E-state index in [1.165, 1.54) is 18.2 Å². The lowest BCUT2D eigenvalue weighted by molar-refractivity contribution is 0.0551. The van der Waals surface area contributed by atoms with Crippen LogP contribution in [0.25, 0.3) is 0 Å². The predicted molar refractivity (Wildman–Crippen MR) is 176 cm³/mol. The minimum Gasteiger partial charge on any atom is -0.434 e. The molecule has 2 saturated heterocycles. The molecule has 2 aromatic rings. The Bertz CT molecular complexity index is 1480. The average Bonchev–Trinajstić information content (AvgIpc) is 3.49. The number of benzene rings is 1. The zero-order valence-electron chi connectivity index (χ0n) is 27.3. The summed E-state index contributed by atoms with van der Waals surface area (Å²) in [6, 6.07) is 3.87. The molecule has 46 heavy (non-hydrogen) atoms. The van der Waals surface area contributed by atoms with Gasteiger partial charge in [-0.15, -0.1) is 10.2 Å². The van der Waals surface area contributed by atoms with Crippen LogP contribution in [-0.2, 0) is 10.0 Å². The Morgan fingerprint density at radius 1 is 1.13 bits per heavy atom. The molecule has 1 spiro atoms. The zero-order valence-corrected chi connectivity index (χ0v) is 28.9. The summed E-state index contributed by atoms with van der Waals surface area (Å²) in [6.45, 7) is 12.4. The highest BCUT2D eigenvalue weighted by Gasteiger charge is 2.39. The molecule has 3 fully saturated rings. The van der Waals surface area contributed by atoms with Gasteiger partial charge in [0.1, 0.15) is 11.6 Å². The Labute approximate surface area is 277 Å². The number of anilines is 1. The first-order valence-electron chi connectivity index (χ1n) is 16.6. The van der Waals surface area contributed by atoms with Crippen LogP contribution in [0, 0.1) is 17.2 Å². The van der Waals surface area contributed by atoms with Gasteiger partial charge in [0.2, 0.25) is 15.3 Å². The number of piperidine rings is 1. The Balaban J connectivity index is 1.20. The van der Waals surface area contributed by atoms with Crippen molar-refractivity contribution in [3.8, 4) is 11.6 Å². The van der Waals surface area contributed by atoms with Crippen molar-refractivity contribution in [3.63, 3.8) is 0 Å². The molecule has 14 heteroatoms. The fourth-order valence-electron chi connectivity index (χ4n) is 7.26. The summed E-state index contributed by atoms with van der Waals surface area (Å²) in [5.41, 5.74) is 0.433. The van der Waals surface area contributed by atoms with Gasteiger partial charge in [-0.05, 0) is 127 Å². The van der Waals surface area contributed by atoms with Gasteiger partial charge in [0, 0.05) is 38.3 Å². The molecule has 1 N–H and O–H groups in total. The minimum atomic E-state index is -3.16. The molecule has 1 aromatic carbocycles. The Hall–Kier alpha value is -2.61. The first-order chi connectivity index (χ1) is 21.9. The second-order valence-corrected chi connectivity index (χ2v) is 15.7. The van der Waals surface area contributed by atoms with Crippen molar-refractivity contribution < 1.29 is 22.3 Å². The van der Waals surface area contributed by atoms with Gasteiger partial charge in [0.25, 0.3) is 11.8 Å². The molecule has 0 radical (unpaired) electrons. The van der Waals surface area contributed by atoms with Gasteiger partial charge in [-0.3, -0.25) is 4.79 Å². The van der Waals surface area contributed by atoms with Crippen LogP contribution in [0.1, 0.15) is 83.0 Å². The van der Waals surface area contributed by atoms with Crippen LogP contribution < -0.4 is 14.4 Å². The second kappa shape index (κ2) is 14.7. The van der Waals surface area contributed by atoms with Crippen molar-refractivity contribution in [1.82, 2.24) is 29.7 Å². The third kappa shape index (κ3) is 8.26. The maximum Gasteiger partial charge on any atom is 0.282 e. The topological polar surface area (TPSA) is 121 Å². The molecule has 1 amide bonds. The smallest absolute Gasteiger partial charge is 0.282 e. The summed E-state index contributed by atoms with van der Waals surface area (Å²) in [7, 11) is -3.16. The van der Waals surface area contributed by atoms with E-state index in [2.05, 4.69) is 29.7 Å². The minimum absolute atomic E-state index is 0.00304. The molecule has 1 atom stereocenters. The fraction of sp³-hybridized carbons (Fsp3) is 0.688. The van der Waals surface area contributed by atoms with Crippen LogP contribution in [-0.4, -0.2) is 96.4 Å². The van der Waals surface area contributed by atoms with Gasteiger partial charge in [-0.1, -0.05) is 0 Å². The monoisotopic (exact) mass is 679 g/mol. The molecular weight excluding hydrogens is 633 g/mol. The molecular formula is C32H47ClFN7O4S. The SMILES string of the molecule is CCN(C(=O)c1cc(F)ccc1Oc1nnc(Cl)nc1N1CC[C@@H](CN2CCC3(CCC(NS(=O)(=O)CC)CC3)CC2)C1)C(C)C. The lowest BCUT2D eigenvalue weighted by Crippen LogP contribution is -2.46. The predicted octanol–water partition coefficient (Wildman–Crippen LogP) is 5.12. The molecule has 1 aliphatic carbocycles. The zero-order chi connectivity index (χ0) is 33.1. The van der Waals surface area contributed by atoms with Crippen molar-refractivity contribution in [1.29, 1.82) is 0 Å². The van der Waals surface area contributed by atoms with E-state index >= 15 is 0 Å². The maximum absolute atomic E-state index is 14.3. The lowest BCUT2D eigenvalue weighted by Gasteiger charge is -2.46. The first-order valence-corrected chi connectivity index (χ1v) is 18.6. The summed E-state index contributed by atoms with van der Waals surface area (Å²) >= 11 is 6.19. The van der Waals surface area contributed by atoms with Crippen molar-refractivity contribution in [2.75, 3.05) is 49.9 Å². The molecule has 3 heterocycles. The van der Waals surface area contributed by atoms with E-state index in [1.807, 2.05) is 20.8 Å². The van der Waals surface area contributed by atoms with Crippen LogP contribution in [0.5, 0.6) is 11.6 Å². The molecule has 11 nitrogen and oxygen atoms in total. The highest BCUT2D eigenvalue weighted by molar-refractivity contribution is 7.89. The average molecular weight is 680 g/mol. The van der Waals surface area contributed by atoms with Crippen molar-refractivity contribution in [2.24, 2.45) is 11.3 Å². The van der Waals surface area contributed by atoms with Gasteiger partial charge in [0.15, 0.2) is 5.82 Å². The van der Waals surface area contributed by atoms with Gasteiger partial charge in [-0.25, -0.2) is 17.5 Å². The van der Waals surface area contributed by atoms with Crippen LogP contribution >= 0.6 is 11.6 Å². The van der Waals surface area contributed by atoms with Crippen molar-refractivity contribution in [3.05, 3.63) is 34.9 Å². The third-order valence-corrected chi connectivity index (χ3v) is 11.6. The summed E-state index contributed by atoms with van der Waals surface area (Å²) in [6.07, 6.45) is 7.25. The van der Waals surface area contributed by atoms with E-state index in [-0.39, 0.29) is 46.2 Å². The Morgan fingerprint density at radius 2 is 1.85 bits per heavy atom.